The van der Waals surface area contributed by atoms with Crippen LogP contribution < -0.4 is 0 Å². The van der Waals surface area contributed by atoms with Gasteiger partial charge in [-0.25, -0.2) is 0 Å². The van der Waals surface area contributed by atoms with Gasteiger partial charge in [0.25, 0.3) is 0 Å². The summed E-state index contributed by atoms with van der Waals surface area (Å²) in [5.74, 6) is 0. The SMILES string of the molecule is C/C(C=O)=C/I. The Morgan fingerprint density at radius 2 is 2.33 bits per heavy atom. The summed E-state index contributed by atoms with van der Waals surface area (Å²) in [4.78, 5) is 9.66. The third-order valence-corrected chi connectivity index (χ3v) is 1.34. The first-order valence-corrected chi connectivity index (χ1v) is 2.78. The minimum atomic E-state index is 0.774. The maximum atomic E-state index is 9.66. The minimum Gasteiger partial charge on any atom is -0.298 e. The largest absolute Gasteiger partial charge is 0.298 e. The molecule has 0 aliphatic carbocycles. The van der Waals surface area contributed by atoms with E-state index in [0.29, 0.717) is 0 Å². The Morgan fingerprint density at radius 1 is 1.83 bits per heavy atom. The van der Waals surface area contributed by atoms with Crippen molar-refractivity contribution < 1.29 is 4.79 Å². The van der Waals surface area contributed by atoms with Crippen LogP contribution >= 0.6 is 22.6 Å². The first-order chi connectivity index (χ1) is 2.81. The van der Waals surface area contributed by atoms with Gasteiger partial charge in [0.05, 0.1) is 0 Å². The molecule has 0 rings (SSSR count). The molecule has 0 aromatic carbocycles. The Kier molecular flexibility index (Phi) is 3.41. The first kappa shape index (κ1) is 6.14. The van der Waals surface area contributed by atoms with Gasteiger partial charge < -0.3 is 0 Å². The maximum Gasteiger partial charge on any atom is 0.146 e. The summed E-state index contributed by atoms with van der Waals surface area (Å²) in [7, 11) is 0. The summed E-state index contributed by atoms with van der Waals surface area (Å²) < 4.78 is 1.74. The molecule has 2 heteroatoms. The highest BCUT2D eigenvalue weighted by atomic mass is 127. The van der Waals surface area contributed by atoms with E-state index in [2.05, 4.69) is 0 Å². The van der Waals surface area contributed by atoms with Crippen molar-refractivity contribution in [3.63, 3.8) is 0 Å². The average molecular weight is 196 g/mol. The number of rotatable bonds is 1. The van der Waals surface area contributed by atoms with Crippen LogP contribution in [-0.2, 0) is 4.79 Å². The van der Waals surface area contributed by atoms with Crippen molar-refractivity contribution in [2.24, 2.45) is 0 Å². The standard InChI is InChI=1S/C4H5IO/c1-4(2-5)3-6/h2-3H,1H3/b4-2-. The van der Waals surface area contributed by atoms with E-state index in [0.717, 1.165) is 11.9 Å². The molecule has 0 heterocycles. The van der Waals surface area contributed by atoms with E-state index < -0.39 is 0 Å². The van der Waals surface area contributed by atoms with E-state index in [1.807, 2.05) is 22.6 Å². The fourth-order valence-electron chi connectivity index (χ4n) is 0.0257. The van der Waals surface area contributed by atoms with Crippen molar-refractivity contribution in [2.75, 3.05) is 0 Å². The third-order valence-electron chi connectivity index (χ3n) is 0.358. The van der Waals surface area contributed by atoms with Gasteiger partial charge in [-0.05, 0) is 16.6 Å². The van der Waals surface area contributed by atoms with Crippen LogP contribution in [-0.4, -0.2) is 6.29 Å². The fourth-order valence-corrected chi connectivity index (χ4v) is 0.173. The van der Waals surface area contributed by atoms with Crippen LogP contribution in [0.25, 0.3) is 0 Å². The van der Waals surface area contributed by atoms with Gasteiger partial charge in [0.2, 0.25) is 0 Å². The van der Waals surface area contributed by atoms with Crippen LogP contribution in [0.4, 0.5) is 0 Å². The maximum absolute atomic E-state index is 9.66. The van der Waals surface area contributed by atoms with E-state index in [9.17, 15) is 4.79 Å². The molecule has 34 valence electrons. The van der Waals surface area contributed by atoms with Crippen molar-refractivity contribution in [2.45, 2.75) is 6.92 Å². The summed E-state index contributed by atoms with van der Waals surface area (Å²) in [6.45, 7) is 1.76. The van der Waals surface area contributed by atoms with Gasteiger partial charge in [0.1, 0.15) is 6.29 Å². The predicted molar refractivity (Wildman–Crippen MR) is 33.8 cm³/mol. The van der Waals surface area contributed by atoms with Crippen molar-refractivity contribution in [3.05, 3.63) is 9.66 Å². The molecular formula is C4H5IO. The van der Waals surface area contributed by atoms with E-state index >= 15 is 0 Å². The summed E-state index contributed by atoms with van der Waals surface area (Å²) in [6.07, 6.45) is 0.826. The molecule has 0 aromatic heterocycles. The zero-order chi connectivity index (χ0) is 4.99. The molecule has 0 bridgehead atoms. The normalized spacial score (nSPS) is 11.3. The zero-order valence-electron chi connectivity index (χ0n) is 3.44. The van der Waals surface area contributed by atoms with Crippen LogP contribution in [0.3, 0.4) is 0 Å². The molecule has 1 nitrogen and oxygen atoms in total. The lowest BCUT2D eigenvalue weighted by Crippen LogP contribution is -1.68. The molecule has 0 saturated carbocycles. The van der Waals surface area contributed by atoms with Gasteiger partial charge in [-0.3, -0.25) is 4.79 Å². The Bertz CT molecular complexity index is 75.6. The lowest BCUT2D eigenvalue weighted by atomic mass is 10.4. The molecule has 0 aromatic rings. The van der Waals surface area contributed by atoms with Gasteiger partial charge in [-0.1, -0.05) is 22.6 Å². The molecule has 0 atom stereocenters. The molecule has 6 heavy (non-hydrogen) atoms. The van der Waals surface area contributed by atoms with Crippen LogP contribution in [0.5, 0.6) is 0 Å². The molecule has 0 aliphatic rings. The van der Waals surface area contributed by atoms with E-state index in [1.165, 1.54) is 0 Å². The monoisotopic (exact) mass is 196 g/mol. The van der Waals surface area contributed by atoms with Gasteiger partial charge in [-0.2, -0.15) is 0 Å². The number of hydrogen-bond acceptors (Lipinski definition) is 1. The van der Waals surface area contributed by atoms with Gasteiger partial charge in [0, 0.05) is 0 Å². The van der Waals surface area contributed by atoms with Crippen LogP contribution in [0.15, 0.2) is 9.66 Å². The molecule has 0 saturated heterocycles. The molecule has 0 fully saturated rings. The number of carbonyl (C=O) groups excluding carboxylic acids is 1. The van der Waals surface area contributed by atoms with E-state index in [1.54, 1.807) is 11.0 Å². The lowest BCUT2D eigenvalue weighted by molar-refractivity contribution is -0.104. The van der Waals surface area contributed by atoms with E-state index in [4.69, 9.17) is 0 Å². The van der Waals surface area contributed by atoms with Crippen molar-refractivity contribution in [1.82, 2.24) is 0 Å². The number of allylic oxidation sites excluding steroid dienone is 1. The predicted octanol–water partition coefficient (Wildman–Crippen LogP) is 1.52. The smallest absolute Gasteiger partial charge is 0.146 e. The summed E-state index contributed by atoms with van der Waals surface area (Å²) in [5.41, 5.74) is 0.774. The van der Waals surface area contributed by atoms with Crippen LogP contribution in [0, 0.1) is 0 Å². The van der Waals surface area contributed by atoms with E-state index in [-0.39, 0.29) is 0 Å². The Morgan fingerprint density at radius 3 is 2.33 bits per heavy atom. The number of hydrogen-bond donors (Lipinski definition) is 0. The first-order valence-electron chi connectivity index (χ1n) is 1.53. The second-order valence-electron chi connectivity index (χ2n) is 0.971. The molecule has 0 spiro atoms. The number of halogens is 1. The average Bonchev–Trinajstić information content (AvgIpc) is 1.65. The highest BCUT2D eigenvalue weighted by molar-refractivity contribution is 14.1. The molecule has 0 amide bonds. The second-order valence-corrected chi connectivity index (χ2v) is 1.59. The highest BCUT2D eigenvalue weighted by Gasteiger charge is 1.73. The van der Waals surface area contributed by atoms with Crippen molar-refractivity contribution >= 4 is 28.9 Å². The van der Waals surface area contributed by atoms with Crippen LogP contribution in [0.2, 0.25) is 0 Å². The molecular weight excluding hydrogens is 191 g/mol. The fraction of sp³-hybridized carbons (Fsp3) is 0.250. The minimum absolute atomic E-state index is 0.774. The Balaban J connectivity index is 3.50. The number of aldehydes is 1. The highest BCUT2D eigenvalue weighted by Crippen LogP contribution is 1.90. The van der Waals surface area contributed by atoms with Crippen LogP contribution in [0.1, 0.15) is 6.92 Å². The summed E-state index contributed by atoms with van der Waals surface area (Å²) in [5, 5.41) is 0. The van der Waals surface area contributed by atoms with Gasteiger partial charge in [-0.15, -0.1) is 0 Å². The topological polar surface area (TPSA) is 17.1 Å². The zero-order valence-corrected chi connectivity index (χ0v) is 5.60. The molecule has 0 N–H and O–H groups in total. The second kappa shape index (κ2) is 3.33. The quantitative estimate of drug-likeness (QED) is 0.353. The lowest BCUT2D eigenvalue weighted by Gasteiger charge is -1.72. The van der Waals surface area contributed by atoms with Crippen molar-refractivity contribution in [3.8, 4) is 0 Å². The van der Waals surface area contributed by atoms with Crippen molar-refractivity contribution in [1.29, 1.82) is 0 Å². The Labute approximate surface area is 50.6 Å². The van der Waals surface area contributed by atoms with Gasteiger partial charge in [0.15, 0.2) is 0 Å². The van der Waals surface area contributed by atoms with Gasteiger partial charge >= 0.3 is 0 Å². The molecule has 0 radical (unpaired) electrons. The molecule has 0 aliphatic heterocycles. The summed E-state index contributed by atoms with van der Waals surface area (Å²) in [6, 6.07) is 0. The summed E-state index contributed by atoms with van der Waals surface area (Å²) >= 11 is 2.02. The third kappa shape index (κ3) is 2.38. The Hall–Kier alpha value is 0.140. The number of carbonyl (C=O) groups is 1. The molecule has 0 unspecified atom stereocenters.